The standard InChI is InChI=1S/C41H25N3S2/c1-3-11-26(12-4-1)28-15-9-16-29(23-28)35-25-34(27-13-5-2-6-14-27)42-40(43-35)31-17-10-20-38-39(31)32-24-30(21-22-36(32)45-38)41-44-33-18-7-8-19-37(33)46-41/h1-25H. The number of aromatic nitrogens is 3. The predicted octanol–water partition coefficient (Wildman–Crippen LogP) is 11.8. The highest BCUT2D eigenvalue weighted by Crippen LogP contribution is 2.42. The summed E-state index contributed by atoms with van der Waals surface area (Å²) in [7, 11) is 0. The van der Waals surface area contributed by atoms with Gasteiger partial charge in [-0.05, 0) is 53.6 Å². The van der Waals surface area contributed by atoms with Crippen molar-refractivity contribution in [2.45, 2.75) is 0 Å². The molecule has 0 saturated carbocycles. The van der Waals surface area contributed by atoms with Gasteiger partial charge in [0.25, 0.3) is 0 Å². The van der Waals surface area contributed by atoms with E-state index in [9.17, 15) is 0 Å². The van der Waals surface area contributed by atoms with Gasteiger partial charge in [0.15, 0.2) is 5.82 Å². The number of hydrogen-bond donors (Lipinski definition) is 0. The molecular weight excluding hydrogens is 599 g/mol. The fraction of sp³-hybridized carbons (Fsp3) is 0. The number of thiophene rings is 1. The van der Waals surface area contributed by atoms with E-state index in [-0.39, 0.29) is 0 Å². The second-order valence-corrected chi connectivity index (χ2v) is 13.4. The second-order valence-electron chi connectivity index (χ2n) is 11.3. The lowest BCUT2D eigenvalue weighted by atomic mass is 10.00. The Labute approximate surface area is 274 Å². The maximum atomic E-state index is 5.26. The van der Waals surface area contributed by atoms with E-state index in [1.807, 2.05) is 29.5 Å². The molecule has 9 aromatic rings. The molecule has 0 amide bonds. The molecule has 0 aliphatic carbocycles. The highest BCUT2D eigenvalue weighted by atomic mass is 32.1. The predicted molar refractivity (Wildman–Crippen MR) is 195 cm³/mol. The van der Waals surface area contributed by atoms with Crippen molar-refractivity contribution in [2.75, 3.05) is 0 Å². The molecule has 5 heteroatoms. The van der Waals surface area contributed by atoms with Gasteiger partial charge in [0.1, 0.15) is 5.01 Å². The third-order valence-corrected chi connectivity index (χ3v) is 10.6. The zero-order chi connectivity index (χ0) is 30.5. The lowest BCUT2D eigenvalue weighted by molar-refractivity contribution is 1.19. The highest BCUT2D eigenvalue weighted by molar-refractivity contribution is 7.26. The molecule has 0 aliphatic rings. The van der Waals surface area contributed by atoms with Crippen LogP contribution in [0.2, 0.25) is 0 Å². The molecule has 9 rings (SSSR count). The van der Waals surface area contributed by atoms with Crippen LogP contribution in [0.5, 0.6) is 0 Å². The zero-order valence-electron chi connectivity index (χ0n) is 24.6. The molecule has 3 aromatic heterocycles. The summed E-state index contributed by atoms with van der Waals surface area (Å²) in [4.78, 5) is 15.4. The Hall–Kier alpha value is -5.49. The van der Waals surface area contributed by atoms with Crippen molar-refractivity contribution >= 4 is 53.1 Å². The molecule has 3 nitrogen and oxygen atoms in total. The van der Waals surface area contributed by atoms with Crippen LogP contribution in [0.15, 0.2) is 152 Å². The van der Waals surface area contributed by atoms with Gasteiger partial charge in [-0.1, -0.05) is 109 Å². The van der Waals surface area contributed by atoms with E-state index in [4.69, 9.17) is 15.0 Å². The number of benzene rings is 6. The fourth-order valence-electron chi connectivity index (χ4n) is 6.10. The Balaban J connectivity index is 1.25. The minimum absolute atomic E-state index is 0.720. The molecule has 0 saturated heterocycles. The molecular formula is C41H25N3S2. The van der Waals surface area contributed by atoms with Gasteiger partial charge in [-0.25, -0.2) is 15.0 Å². The van der Waals surface area contributed by atoms with E-state index in [0.29, 0.717) is 0 Å². The molecule has 0 radical (unpaired) electrons. The third kappa shape index (κ3) is 4.78. The van der Waals surface area contributed by atoms with Gasteiger partial charge in [0.05, 0.1) is 21.6 Å². The molecule has 3 heterocycles. The minimum atomic E-state index is 0.720. The van der Waals surface area contributed by atoms with Gasteiger partial charge in [0, 0.05) is 42.4 Å². The van der Waals surface area contributed by atoms with Gasteiger partial charge in [-0.15, -0.1) is 22.7 Å². The topological polar surface area (TPSA) is 38.7 Å². The summed E-state index contributed by atoms with van der Waals surface area (Å²) in [6, 6.07) is 53.1. The van der Waals surface area contributed by atoms with Crippen molar-refractivity contribution in [2.24, 2.45) is 0 Å². The summed E-state index contributed by atoms with van der Waals surface area (Å²) < 4.78 is 3.65. The van der Waals surface area contributed by atoms with Crippen molar-refractivity contribution < 1.29 is 0 Å². The molecule has 46 heavy (non-hydrogen) atoms. The first-order valence-corrected chi connectivity index (χ1v) is 16.8. The number of fused-ring (bicyclic) bond motifs is 4. The average Bonchev–Trinajstić information content (AvgIpc) is 3.74. The lowest BCUT2D eigenvalue weighted by Gasteiger charge is -2.11. The Morgan fingerprint density at radius 3 is 1.89 bits per heavy atom. The molecule has 0 atom stereocenters. The first-order chi connectivity index (χ1) is 22.8. The molecule has 0 bridgehead atoms. The van der Waals surface area contributed by atoms with E-state index < -0.39 is 0 Å². The van der Waals surface area contributed by atoms with Gasteiger partial charge >= 0.3 is 0 Å². The van der Waals surface area contributed by atoms with Crippen molar-refractivity contribution in [1.82, 2.24) is 15.0 Å². The first kappa shape index (κ1) is 26.9. The first-order valence-electron chi connectivity index (χ1n) is 15.2. The molecule has 0 unspecified atom stereocenters. The quantitative estimate of drug-likeness (QED) is 0.191. The van der Waals surface area contributed by atoms with Gasteiger partial charge in [-0.2, -0.15) is 0 Å². The number of rotatable bonds is 5. The molecule has 0 spiro atoms. The molecule has 6 aromatic carbocycles. The van der Waals surface area contributed by atoms with Crippen LogP contribution in [0.25, 0.3) is 86.0 Å². The van der Waals surface area contributed by atoms with Gasteiger partial charge in [-0.3, -0.25) is 0 Å². The van der Waals surface area contributed by atoms with E-state index in [2.05, 4.69) is 133 Å². The average molecular weight is 624 g/mol. The van der Waals surface area contributed by atoms with Crippen LogP contribution in [0, 0.1) is 0 Å². The Bertz CT molecular complexity index is 2500. The van der Waals surface area contributed by atoms with Crippen molar-refractivity contribution in [3.8, 4) is 55.6 Å². The fourth-order valence-corrected chi connectivity index (χ4v) is 8.18. The van der Waals surface area contributed by atoms with Crippen LogP contribution in [-0.2, 0) is 0 Å². The third-order valence-electron chi connectivity index (χ3n) is 8.34. The van der Waals surface area contributed by atoms with Crippen LogP contribution in [0.4, 0.5) is 0 Å². The maximum absolute atomic E-state index is 5.26. The summed E-state index contributed by atoms with van der Waals surface area (Å²) >= 11 is 3.54. The second kappa shape index (κ2) is 11.1. The van der Waals surface area contributed by atoms with Crippen LogP contribution >= 0.6 is 22.7 Å². The SMILES string of the molecule is c1ccc(-c2cccc(-c3cc(-c4ccccc4)nc(-c4cccc5sc6ccc(-c7nc8ccccc8s7)cc6c45)n3)c2)cc1. The summed E-state index contributed by atoms with van der Waals surface area (Å²) in [5.74, 6) is 0.720. The summed E-state index contributed by atoms with van der Waals surface area (Å²) in [5.41, 5.74) is 9.45. The molecule has 216 valence electrons. The van der Waals surface area contributed by atoms with E-state index >= 15 is 0 Å². The van der Waals surface area contributed by atoms with Crippen LogP contribution in [0.1, 0.15) is 0 Å². The zero-order valence-corrected chi connectivity index (χ0v) is 26.2. The molecule has 0 fully saturated rings. The lowest BCUT2D eigenvalue weighted by Crippen LogP contribution is -1.96. The maximum Gasteiger partial charge on any atom is 0.161 e. The monoisotopic (exact) mass is 623 g/mol. The Morgan fingerprint density at radius 2 is 1.07 bits per heavy atom. The summed E-state index contributed by atoms with van der Waals surface area (Å²) in [6.45, 7) is 0. The minimum Gasteiger partial charge on any atom is -0.236 e. The summed E-state index contributed by atoms with van der Waals surface area (Å²) in [6.07, 6.45) is 0. The van der Waals surface area contributed by atoms with E-state index in [0.717, 1.165) is 55.6 Å². The van der Waals surface area contributed by atoms with Crippen molar-refractivity contribution in [1.29, 1.82) is 0 Å². The van der Waals surface area contributed by atoms with E-state index in [1.165, 1.54) is 30.4 Å². The van der Waals surface area contributed by atoms with Gasteiger partial charge in [0.2, 0.25) is 0 Å². The number of thiazole rings is 1. The number of hydrogen-bond acceptors (Lipinski definition) is 5. The Morgan fingerprint density at radius 1 is 0.391 bits per heavy atom. The summed E-state index contributed by atoms with van der Waals surface area (Å²) in [5, 5.41) is 3.41. The molecule has 0 N–H and O–H groups in total. The number of para-hydroxylation sites is 1. The van der Waals surface area contributed by atoms with Crippen LogP contribution in [0.3, 0.4) is 0 Å². The van der Waals surface area contributed by atoms with Crippen LogP contribution in [-0.4, -0.2) is 15.0 Å². The van der Waals surface area contributed by atoms with Gasteiger partial charge < -0.3 is 0 Å². The smallest absolute Gasteiger partial charge is 0.161 e. The van der Waals surface area contributed by atoms with Crippen LogP contribution < -0.4 is 0 Å². The number of nitrogens with zero attached hydrogens (tertiary/aromatic N) is 3. The highest BCUT2D eigenvalue weighted by Gasteiger charge is 2.17. The van der Waals surface area contributed by atoms with Crippen molar-refractivity contribution in [3.63, 3.8) is 0 Å². The largest absolute Gasteiger partial charge is 0.236 e. The van der Waals surface area contributed by atoms with E-state index in [1.54, 1.807) is 11.3 Å². The molecule has 0 aliphatic heterocycles. The normalized spacial score (nSPS) is 11.5. The van der Waals surface area contributed by atoms with Crippen molar-refractivity contribution in [3.05, 3.63) is 152 Å². The Kier molecular flexibility index (Phi) is 6.51.